The summed E-state index contributed by atoms with van der Waals surface area (Å²) < 4.78 is 11.4. The fourth-order valence-electron chi connectivity index (χ4n) is 2.62. The smallest absolute Gasteiger partial charge is 0.431 e. The van der Waals surface area contributed by atoms with Gasteiger partial charge in [-0.05, 0) is 22.1 Å². The Labute approximate surface area is 151 Å². The Morgan fingerprint density at radius 1 is 1.19 bits per heavy atom. The summed E-state index contributed by atoms with van der Waals surface area (Å²) in [7, 11) is 1.53. The molecule has 1 aromatic heterocycles. The molecule has 0 saturated heterocycles. The van der Waals surface area contributed by atoms with E-state index in [0.29, 0.717) is 11.4 Å². The number of nitrogens with two attached hydrogens (primary N) is 2. The van der Waals surface area contributed by atoms with Gasteiger partial charge >= 0.3 is 11.3 Å². The Hall–Kier alpha value is -3.63. The molecule has 0 fully saturated rings. The molecule has 26 heavy (non-hydrogen) atoms. The van der Waals surface area contributed by atoms with E-state index in [4.69, 9.17) is 20.7 Å². The number of aromatic amines is 1. The summed E-state index contributed by atoms with van der Waals surface area (Å²) in [6.45, 7) is 0. The molecule has 3 rings (SSSR count). The summed E-state index contributed by atoms with van der Waals surface area (Å²) in [4.78, 5) is 12.4. The molecule has 0 bridgehead atoms. The topological polar surface area (TPSA) is 159 Å². The van der Waals surface area contributed by atoms with E-state index in [1.54, 1.807) is 24.3 Å². The lowest BCUT2D eigenvalue weighted by atomic mass is 9.89. The van der Waals surface area contributed by atoms with Gasteiger partial charge in [-0.15, -0.1) is 0 Å². The number of thioether (sulfide) groups is 1. The number of nitrogens with one attached hydrogen (secondary N) is 1. The number of methoxy groups -OCH3 is 1. The number of benzene rings is 1. The van der Waals surface area contributed by atoms with E-state index >= 15 is 0 Å². The first-order chi connectivity index (χ1) is 12.5. The molecule has 1 aromatic carbocycles. The number of nitriles is 2. The minimum Gasteiger partial charge on any atom is -0.497 e. The summed E-state index contributed by atoms with van der Waals surface area (Å²) in [5, 5.41) is 21.8. The molecule has 1 aliphatic rings. The monoisotopic (exact) mass is 369 g/mol. The average Bonchev–Trinajstić information content (AvgIpc) is 3.02. The molecule has 1 aliphatic heterocycles. The van der Waals surface area contributed by atoms with Gasteiger partial charge in [-0.25, -0.2) is 4.79 Å². The lowest BCUT2D eigenvalue weighted by Crippen LogP contribution is -2.41. The van der Waals surface area contributed by atoms with E-state index in [0.717, 1.165) is 11.8 Å². The third kappa shape index (κ3) is 2.68. The molecular formula is C16H13N6O3S+. The molecule has 0 spiro atoms. The zero-order valence-corrected chi connectivity index (χ0v) is 14.3. The van der Waals surface area contributed by atoms with Gasteiger partial charge in [-0.2, -0.15) is 10.5 Å². The second-order valence-corrected chi connectivity index (χ2v) is 6.30. The molecule has 130 valence electrons. The molecule has 0 saturated carbocycles. The van der Waals surface area contributed by atoms with Crippen molar-refractivity contribution >= 4 is 11.8 Å². The molecule has 0 unspecified atom stereocenters. The van der Waals surface area contributed by atoms with Crippen LogP contribution in [0.15, 0.2) is 54.8 Å². The van der Waals surface area contributed by atoms with E-state index in [-0.39, 0.29) is 26.9 Å². The quantitative estimate of drug-likeness (QED) is 0.658. The number of allylic oxidation sites excluding steroid dienone is 2. The summed E-state index contributed by atoms with van der Waals surface area (Å²) in [5.41, 5.74) is 11.7. The van der Waals surface area contributed by atoms with Crippen LogP contribution in [-0.4, -0.2) is 12.4 Å². The molecule has 2 aromatic rings. The van der Waals surface area contributed by atoms with Crippen LogP contribution in [0.2, 0.25) is 0 Å². The SMILES string of the molecule is COc1ccc(-[n+]2[nH]oc(=O)c2C2C(C#N)=C(N)SC(N)=C2C#N)cc1. The van der Waals surface area contributed by atoms with Crippen LogP contribution in [0.5, 0.6) is 5.75 Å². The van der Waals surface area contributed by atoms with Gasteiger partial charge in [0.25, 0.3) is 0 Å². The van der Waals surface area contributed by atoms with Gasteiger partial charge in [0.2, 0.25) is 5.69 Å². The molecule has 0 aliphatic carbocycles. The predicted octanol–water partition coefficient (Wildman–Crippen LogP) is 0.471. The van der Waals surface area contributed by atoms with Gasteiger partial charge in [0.05, 0.1) is 40.5 Å². The van der Waals surface area contributed by atoms with Crippen LogP contribution in [0.3, 0.4) is 0 Å². The fraction of sp³-hybridized carbons (Fsp3) is 0.125. The maximum absolute atomic E-state index is 12.4. The minimum atomic E-state index is -1.03. The van der Waals surface area contributed by atoms with Crippen LogP contribution in [0, 0.1) is 22.7 Å². The number of hydrogen-bond acceptors (Lipinski definition) is 8. The Balaban J connectivity index is 2.24. The fourth-order valence-corrected chi connectivity index (χ4v) is 3.40. The number of nitrogens with zero attached hydrogens (tertiary/aromatic N) is 3. The minimum absolute atomic E-state index is 0.0227. The van der Waals surface area contributed by atoms with Crippen molar-refractivity contribution in [1.82, 2.24) is 5.27 Å². The highest BCUT2D eigenvalue weighted by atomic mass is 32.2. The van der Waals surface area contributed by atoms with Crippen molar-refractivity contribution in [3.63, 3.8) is 0 Å². The average molecular weight is 369 g/mol. The summed E-state index contributed by atoms with van der Waals surface area (Å²) in [6, 6.07) is 10.7. The third-order valence-corrected chi connectivity index (χ3v) is 4.73. The third-order valence-electron chi connectivity index (χ3n) is 3.85. The highest BCUT2D eigenvalue weighted by Gasteiger charge is 2.42. The highest BCUT2D eigenvalue weighted by molar-refractivity contribution is 8.06. The molecule has 10 heteroatoms. The van der Waals surface area contributed by atoms with Crippen molar-refractivity contribution < 1.29 is 13.9 Å². The first-order valence-electron chi connectivity index (χ1n) is 7.27. The van der Waals surface area contributed by atoms with E-state index in [1.165, 1.54) is 11.8 Å². The molecule has 5 N–H and O–H groups in total. The molecule has 0 radical (unpaired) electrons. The van der Waals surface area contributed by atoms with E-state index < -0.39 is 11.5 Å². The molecule has 9 nitrogen and oxygen atoms in total. The van der Waals surface area contributed by atoms with Gasteiger partial charge < -0.3 is 16.2 Å². The normalized spacial score (nSPS) is 14.9. The van der Waals surface area contributed by atoms with Crippen LogP contribution < -0.4 is 26.5 Å². The maximum atomic E-state index is 12.4. The van der Waals surface area contributed by atoms with E-state index in [1.807, 2.05) is 12.1 Å². The summed E-state index contributed by atoms with van der Waals surface area (Å²) in [5.74, 6) is -0.407. The number of aromatic nitrogens is 2. The highest BCUT2D eigenvalue weighted by Crippen LogP contribution is 2.41. The lowest BCUT2D eigenvalue weighted by Gasteiger charge is -2.19. The summed E-state index contributed by atoms with van der Waals surface area (Å²) >= 11 is 0.921. The zero-order valence-electron chi connectivity index (χ0n) is 13.5. The van der Waals surface area contributed by atoms with Gasteiger partial charge in [0.1, 0.15) is 11.7 Å². The number of hydrogen-bond donors (Lipinski definition) is 3. The van der Waals surface area contributed by atoms with Crippen LogP contribution in [0.1, 0.15) is 11.6 Å². The van der Waals surface area contributed by atoms with Crippen molar-refractivity contribution in [1.29, 1.82) is 10.5 Å². The molecule has 0 amide bonds. The van der Waals surface area contributed by atoms with Crippen molar-refractivity contribution in [3.8, 4) is 23.6 Å². The van der Waals surface area contributed by atoms with Gasteiger partial charge in [0.15, 0.2) is 0 Å². The first kappa shape index (κ1) is 17.2. The Bertz CT molecular complexity index is 1030. The van der Waals surface area contributed by atoms with Gasteiger partial charge in [-0.3, -0.25) is 4.52 Å². The van der Waals surface area contributed by atoms with Crippen LogP contribution in [-0.2, 0) is 0 Å². The predicted molar refractivity (Wildman–Crippen MR) is 91.4 cm³/mol. The molecule has 0 atom stereocenters. The van der Waals surface area contributed by atoms with Crippen LogP contribution in [0.25, 0.3) is 5.69 Å². The largest absolute Gasteiger partial charge is 0.497 e. The van der Waals surface area contributed by atoms with Crippen molar-refractivity contribution in [2.45, 2.75) is 5.92 Å². The van der Waals surface area contributed by atoms with Crippen molar-refractivity contribution in [2.75, 3.05) is 7.11 Å². The van der Waals surface area contributed by atoms with E-state index in [2.05, 4.69) is 5.27 Å². The molecular weight excluding hydrogens is 356 g/mol. The van der Waals surface area contributed by atoms with Crippen molar-refractivity contribution in [2.24, 2.45) is 11.5 Å². The number of H-pyrrole nitrogens is 1. The first-order valence-corrected chi connectivity index (χ1v) is 8.08. The van der Waals surface area contributed by atoms with Gasteiger partial charge in [-0.1, -0.05) is 11.8 Å². The zero-order chi connectivity index (χ0) is 18.8. The lowest BCUT2D eigenvalue weighted by molar-refractivity contribution is -0.677. The van der Waals surface area contributed by atoms with Crippen LogP contribution >= 0.6 is 11.8 Å². The second-order valence-electron chi connectivity index (χ2n) is 5.21. The van der Waals surface area contributed by atoms with E-state index in [9.17, 15) is 15.3 Å². The Morgan fingerprint density at radius 2 is 1.77 bits per heavy atom. The van der Waals surface area contributed by atoms with Crippen molar-refractivity contribution in [3.05, 3.63) is 61.6 Å². The van der Waals surface area contributed by atoms with Crippen LogP contribution in [0.4, 0.5) is 0 Å². The Kier molecular flexibility index (Phi) is 4.43. The summed E-state index contributed by atoms with van der Waals surface area (Å²) in [6.07, 6.45) is 0. The second kappa shape index (κ2) is 6.70. The maximum Gasteiger partial charge on any atom is 0.431 e. The number of ether oxygens (including phenoxy) is 1. The Morgan fingerprint density at radius 3 is 2.27 bits per heavy atom. The van der Waals surface area contributed by atoms with Gasteiger partial charge in [0, 0.05) is 12.1 Å². The molecule has 2 heterocycles. The number of rotatable bonds is 3. The standard InChI is InChI=1S/C16H12N6O3S/c1-24-9-4-2-8(3-5-9)22-13(16(23)25-21-22)12-10(6-17)14(19)26-15(20)11(12)7-18/h2-5,12H,19-20H2,1H3/p+1.